The van der Waals surface area contributed by atoms with Crippen LogP contribution < -0.4 is 21.7 Å². The van der Waals surface area contributed by atoms with Crippen molar-refractivity contribution in [1.82, 2.24) is 5.32 Å². The molecule has 2 unspecified atom stereocenters. The van der Waals surface area contributed by atoms with Crippen molar-refractivity contribution in [2.45, 2.75) is 19.3 Å². The molecule has 0 heterocycles. The van der Waals surface area contributed by atoms with Gasteiger partial charge in [-0.25, -0.2) is 4.79 Å². The fourth-order valence-electron chi connectivity index (χ4n) is 2.73. The van der Waals surface area contributed by atoms with E-state index >= 15 is 0 Å². The van der Waals surface area contributed by atoms with E-state index in [1.807, 2.05) is 0 Å². The Kier molecular flexibility index (Phi) is 5.16. The minimum atomic E-state index is -0.275. The van der Waals surface area contributed by atoms with Gasteiger partial charge in [0.2, 0.25) is 5.91 Å². The number of hydrogen-bond donors (Lipinski definition) is 4. The fraction of sp³-hybridized carbons (Fsp3) is 0.467. The van der Waals surface area contributed by atoms with Gasteiger partial charge in [-0.2, -0.15) is 0 Å². The highest BCUT2D eigenvalue weighted by molar-refractivity contribution is 5.93. The number of benzene rings is 1. The molecule has 0 aliphatic heterocycles. The largest absolute Gasteiger partial charge is 0.341 e. The van der Waals surface area contributed by atoms with Gasteiger partial charge in [-0.15, -0.1) is 0 Å². The molecule has 21 heavy (non-hydrogen) atoms. The number of amides is 3. The van der Waals surface area contributed by atoms with E-state index in [0.717, 1.165) is 24.9 Å². The Balaban J connectivity index is 1.93. The predicted octanol–water partition coefficient (Wildman–Crippen LogP) is 1.75. The Morgan fingerprint density at radius 1 is 1.14 bits per heavy atom. The SMILES string of the molecule is CNC(=O)Nc1ccc(NC(=O)C2CCCC2CN)cc1. The zero-order chi connectivity index (χ0) is 15.2. The first-order valence-corrected chi connectivity index (χ1v) is 7.23. The van der Waals surface area contributed by atoms with Gasteiger partial charge in [-0.3, -0.25) is 4.79 Å². The van der Waals surface area contributed by atoms with E-state index in [2.05, 4.69) is 16.0 Å². The van der Waals surface area contributed by atoms with Crippen LogP contribution in [-0.4, -0.2) is 25.5 Å². The molecule has 2 rings (SSSR count). The van der Waals surface area contributed by atoms with Gasteiger partial charge in [0, 0.05) is 24.3 Å². The van der Waals surface area contributed by atoms with Crippen molar-refractivity contribution in [2.75, 3.05) is 24.2 Å². The summed E-state index contributed by atoms with van der Waals surface area (Å²) in [5.74, 6) is 0.341. The molecule has 1 aromatic rings. The summed E-state index contributed by atoms with van der Waals surface area (Å²) in [5, 5.41) is 8.06. The lowest BCUT2D eigenvalue weighted by atomic mass is 9.95. The number of nitrogens with one attached hydrogen (secondary N) is 3. The smallest absolute Gasteiger partial charge is 0.318 e. The lowest BCUT2D eigenvalue weighted by molar-refractivity contribution is -0.120. The molecular formula is C15H22N4O2. The molecule has 6 heteroatoms. The first kappa shape index (κ1) is 15.3. The molecule has 1 saturated carbocycles. The second kappa shape index (κ2) is 7.08. The summed E-state index contributed by atoms with van der Waals surface area (Å²) < 4.78 is 0. The zero-order valence-corrected chi connectivity index (χ0v) is 12.2. The van der Waals surface area contributed by atoms with Crippen LogP contribution in [0.15, 0.2) is 24.3 Å². The summed E-state index contributed by atoms with van der Waals surface area (Å²) in [7, 11) is 1.55. The monoisotopic (exact) mass is 290 g/mol. The van der Waals surface area contributed by atoms with E-state index in [1.54, 1.807) is 31.3 Å². The van der Waals surface area contributed by atoms with Gasteiger partial charge < -0.3 is 21.7 Å². The molecule has 6 nitrogen and oxygen atoms in total. The highest BCUT2D eigenvalue weighted by atomic mass is 16.2. The summed E-state index contributed by atoms with van der Waals surface area (Å²) >= 11 is 0. The molecule has 0 aromatic heterocycles. The predicted molar refractivity (Wildman–Crippen MR) is 83.0 cm³/mol. The molecule has 1 aliphatic carbocycles. The lowest BCUT2D eigenvalue weighted by Crippen LogP contribution is -2.29. The molecule has 1 fully saturated rings. The van der Waals surface area contributed by atoms with E-state index in [-0.39, 0.29) is 17.9 Å². The minimum absolute atomic E-state index is 0.0127. The van der Waals surface area contributed by atoms with Crippen LogP contribution in [0.5, 0.6) is 0 Å². The molecule has 0 saturated heterocycles. The molecule has 0 radical (unpaired) electrons. The van der Waals surface area contributed by atoms with E-state index in [1.165, 1.54) is 0 Å². The summed E-state index contributed by atoms with van der Waals surface area (Å²) in [6.07, 6.45) is 3.00. The van der Waals surface area contributed by atoms with Crippen LogP contribution >= 0.6 is 0 Å². The zero-order valence-electron chi connectivity index (χ0n) is 12.2. The lowest BCUT2D eigenvalue weighted by Gasteiger charge is -2.17. The van der Waals surface area contributed by atoms with E-state index < -0.39 is 0 Å². The van der Waals surface area contributed by atoms with Crippen molar-refractivity contribution < 1.29 is 9.59 Å². The fourth-order valence-corrected chi connectivity index (χ4v) is 2.73. The van der Waals surface area contributed by atoms with Crippen LogP contribution in [0.1, 0.15) is 19.3 Å². The van der Waals surface area contributed by atoms with Gasteiger partial charge in [0.05, 0.1) is 0 Å². The number of rotatable bonds is 4. The maximum absolute atomic E-state index is 12.2. The molecule has 2 atom stereocenters. The number of carbonyl (C=O) groups is 2. The van der Waals surface area contributed by atoms with E-state index in [0.29, 0.717) is 18.2 Å². The van der Waals surface area contributed by atoms with Crippen molar-refractivity contribution in [3.05, 3.63) is 24.3 Å². The van der Waals surface area contributed by atoms with Crippen LogP contribution in [-0.2, 0) is 4.79 Å². The second-order valence-electron chi connectivity index (χ2n) is 5.30. The van der Waals surface area contributed by atoms with Crippen LogP contribution in [0.2, 0.25) is 0 Å². The molecule has 5 N–H and O–H groups in total. The highest BCUT2D eigenvalue weighted by Crippen LogP contribution is 2.31. The average molecular weight is 290 g/mol. The van der Waals surface area contributed by atoms with Crippen molar-refractivity contribution >= 4 is 23.3 Å². The van der Waals surface area contributed by atoms with Crippen molar-refractivity contribution in [3.63, 3.8) is 0 Å². The highest BCUT2D eigenvalue weighted by Gasteiger charge is 2.31. The van der Waals surface area contributed by atoms with Gasteiger partial charge in [0.15, 0.2) is 0 Å². The first-order chi connectivity index (χ1) is 10.1. The van der Waals surface area contributed by atoms with Gasteiger partial charge in [-0.05, 0) is 49.6 Å². The Labute approximate surface area is 124 Å². The summed E-state index contributed by atoms with van der Waals surface area (Å²) in [4.78, 5) is 23.4. The van der Waals surface area contributed by atoms with Gasteiger partial charge in [0.25, 0.3) is 0 Å². The average Bonchev–Trinajstić information content (AvgIpc) is 2.97. The van der Waals surface area contributed by atoms with Gasteiger partial charge in [0.1, 0.15) is 0 Å². The number of nitrogens with two attached hydrogens (primary N) is 1. The van der Waals surface area contributed by atoms with Crippen LogP contribution in [0.3, 0.4) is 0 Å². The molecule has 1 aliphatic rings. The number of urea groups is 1. The topological polar surface area (TPSA) is 96.2 Å². The Morgan fingerprint density at radius 2 is 1.76 bits per heavy atom. The number of hydrogen-bond acceptors (Lipinski definition) is 3. The third-order valence-electron chi connectivity index (χ3n) is 3.94. The Hall–Kier alpha value is -2.08. The summed E-state index contributed by atoms with van der Waals surface area (Å²) in [5.41, 5.74) is 7.11. The molecule has 1 aromatic carbocycles. The molecular weight excluding hydrogens is 268 g/mol. The second-order valence-corrected chi connectivity index (χ2v) is 5.30. The summed E-state index contributed by atoms with van der Waals surface area (Å²) in [6.45, 7) is 0.563. The normalized spacial score (nSPS) is 20.9. The minimum Gasteiger partial charge on any atom is -0.341 e. The quantitative estimate of drug-likeness (QED) is 0.680. The molecule has 0 bridgehead atoms. The van der Waals surface area contributed by atoms with Gasteiger partial charge in [-0.1, -0.05) is 6.42 Å². The van der Waals surface area contributed by atoms with Crippen LogP contribution in [0.25, 0.3) is 0 Å². The third-order valence-corrected chi connectivity index (χ3v) is 3.94. The van der Waals surface area contributed by atoms with Crippen molar-refractivity contribution in [3.8, 4) is 0 Å². The first-order valence-electron chi connectivity index (χ1n) is 7.23. The van der Waals surface area contributed by atoms with Crippen molar-refractivity contribution in [2.24, 2.45) is 17.6 Å². The Morgan fingerprint density at radius 3 is 2.33 bits per heavy atom. The maximum atomic E-state index is 12.2. The maximum Gasteiger partial charge on any atom is 0.318 e. The number of carbonyl (C=O) groups excluding carboxylic acids is 2. The van der Waals surface area contributed by atoms with Gasteiger partial charge >= 0.3 is 6.03 Å². The van der Waals surface area contributed by atoms with E-state index in [9.17, 15) is 9.59 Å². The number of anilines is 2. The summed E-state index contributed by atoms with van der Waals surface area (Å²) in [6, 6.07) is 6.77. The molecule has 114 valence electrons. The standard InChI is InChI=1S/C15H22N4O2/c1-17-15(21)19-12-7-5-11(6-8-12)18-14(20)13-4-2-3-10(13)9-16/h5-8,10,13H,2-4,9,16H2,1H3,(H,18,20)(H2,17,19,21). The Bertz CT molecular complexity index is 501. The van der Waals surface area contributed by atoms with Crippen molar-refractivity contribution in [1.29, 1.82) is 0 Å². The third kappa shape index (κ3) is 3.95. The molecule has 0 spiro atoms. The molecule has 3 amide bonds. The van der Waals surface area contributed by atoms with E-state index in [4.69, 9.17) is 5.73 Å². The van der Waals surface area contributed by atoms with Crippen LogP contribution in [0, 0.1) is 11.8 Å². The van der Waals surface area contributed by atoms with Crippen LogP contribution in [0.4, 0.5) is 16.2 Å².